The minimum atomic E-state index is -3.77. The molecule has 0 atom stereocenters. The predicted octanol–water partition coefficient (Wildman–Crippen LogP) is 3.98. The van der Waals surface area contributed by atoms with E-state index < -0.39 is 21.7 Å². The highest BCUT2D eigenvalue weighted by atomic mass is 35.5. The number of nitrogens with one attached hydrogen (secondary N) is 2. The van der Waals surface area contributed by atoms with Crippen molar-refractivity contribution in [2.24, 2.45) is 0 Å². The molecule has 3 aromatic rings. The van der Waals surface area contributed by atoms with E-state index in [4.69, 9.17) is 16.3 Å². The molecular formula is C21H18ClFN2O4S. The van der Waals surface area contributed by atoms with Crippen LogP contribution in [0.5, 0.6) is 5.75 Å². The number of rotatable bonds is 8. The zero-order valence-corrected chi connectivity index (χ0v) is 17.2. The van der Waals surface area contributed by atoms with Crippen molar-refractivity contribution in [3.63, 3.8) is 0 Å². The Labute approximate surface area is 178 Å². The molecule has 2 N–H and O–H groups in total. The number of ether oxygens (including phenoxy) is 1. The highest BCUT2D eigenvalue weighted by Gasteiger charge is 2.16. The summed E-state index contributed by atoms with van der Waals surface area (Å²) in [6, 6.07) is 18.3. The number of carbonyl (C=O) groups excluding carboxylic acids is 1. The molecule has 0 unspecified atom stereocenters. The summed E-state index contributed by atoms with van der Waals surface area (Å²) in [4.78, 5) is 11.9. The molecule has 0 bridgehead atoms. The lowest BCUT2D eigenvalue weighted by Crippen LogP contribution is -2.23. The number of amides is 1. The largest absolute Gasteiger partial charge is 0.482 e. The minimum Gasteiger partial charge on any atom is -0.482 e. The molecule has 1 amide bonds. The van der Waals surface area contributed by atoms with Crippen LogP contribution >= 0.6 is 11.6 Å². The first kappa shape index (κ1) is 21.8. The van der Waals surface area contributed by atoms with E-state index in [0.717, 1.165) is 5.56 Å². The van der Waals surface area contributed by atoms with Crippen LogP contribution in [0.25, 0.3) is 0 Å². The van der Waals surface area contributed by atoms with Gasteiger partial charge in [0, 0.05) is 12.2 Å². The monoisotopic (exact) mass is 448 g/mol. The highest BCUT2D eigenvalue weighted by molar-refractivity contribution is 7.89. The fraction of sp³-hybridized carbons (Fsp3) is 0.0952. The molecule has 0 fully saturated rings. The van der Waals surface area contributed by atoms with Crippen molar-refractivity contribution in [1.82, 2.24) is 4.72 Å². The molecule has 0 spiro atoms. The van der Waals surface area contributed by atoms with E-state index in [1.165, 1.54) is 42.5 Å². The van der Waals surface area contributed by atoms with Crippen LogP contribution in [-0.4, -0.2) is 20.9 Å². The zero-order valence-electron chi connectivity index (χ0n) is 15.6. The van der Waals surface area contributed by atoms with E-state index in [1.807, 2.05) is 30.3 Å². The number of carbonyl (C=O) groups is 1. The predicted molar refractivity (Wildman–Crippen MR) is 112 cm³/mol. The standard InChI is InChI=1S/C21H18ClFN2O4S/c22-19-12-18(30(27,28)24-13-15-4-2-1-3-5-15)10-11-20(19)29-14-21(26)25-17-8-6-16(23)7-9-17/h1-12,24H,13-14H2,(H,25,26). The van der Waals surface area contributed by atoms with Gasteiger partial charge in [0.05, 0.1) is 9.92 Å². The summed E-state index contributed by atoms with van der Waals surface area (Å²) < 4.78 is 45.7. The SMILES string of the molecule is O=C(COc1ccc(S(=O)(=O)NCc2ccccc2)cc1Cl)Nc1ccc(F)cc1. The first-order chi connectivity index (χ1) is 14.3. The van der Waals surface area contributed by atoms with E-state index in [-0.39, 0.29) is 28.8 Å². The number of hydrogen-bond acceptors (Lipinski definition) is 4. The average molecular weight is 449 g/mol. The van der Waals surface area contributed by atoms with Gasteiger partial charge in [-0.15, -0.1) is 0 Å². The van der Waals surface area contributed by atoms with Gasteiger partial charge in [-0.3, -0.25) is 4.79 Å². The molecule has 0 aliphatic carbocycles. The Hall–Kier alpha value is -2.94. The van der Waals surface area contributed by atoms with Gasteiger partial charge in [0.1, 0.15) is 11.6 Å². The number of benzene rings is 3. The van der Waals surface area contributed by atoms with Crippen LogP contribution in [-0.2, 0) is 21.4 Å². The van der Waals surface area contributed by atoms with Crippen molar-refractivity contribution in [1.29, 1.82) is 0 Å². The van der Waals surface area contributed by atoms with Crippen molar-refractivity contribution in [2.45, 2.75) is 11.4 Å². The fourth-order valence-electron chi connectivity index (χ4n) is 2.50. The molecule has 0 aromatic heterocycles. The average Bonchev–Trinajstić information content (AvgIpc) is 2.74. The van der Waals surface area contributed by atoms with Gasteiger partial charge in [0.25, 0.3) is 5.91 Å². The Kier molecular flexibility index (Phi) is 7.04. The van der Waals surface area contributed by atoms with Crippen LogP contribution in [0.15, 0.2) is 77.7 Å². The Balaban J connectivity index is 1.58. The fourth-order valence-corrected chi connectivity index (χ4v) is 3.84. The zero-order chi connectivity index (χ0) is 21.6. The number of anilines is 1. The van der Waals surface area contributed by atoms with Gasteiger partial charge in [-0.1, -0.05) is 41.9 Å². The van der Waals surface area contributed by atoms with Crippen LogP contribution in [0.2, 0.25) is 5.02 Å². The van der Waals surface area contributed by atoms with Gasteiger partial charge < -0.3 is 10.1 Å². The Bertz CT molecular complexity index is 1120. The first-order valence-electron chi connectivity index (χ1n) is 8.85. The van der Waals surface area contributed by atoms with Crippen molar-refractivity contribution in [3.8, 4) is 5.75 Å². The van der Waals surface area contributed by atoms with E-state index in [2.05, 4.69) is 10.0 Å². The Morgan fingerprint density at radius 1 is 1.00 bits per heavy atom. The van der Waals surface area contributed by atoms with Crippen LogP contribution in [0.1, 0.15) is 5.56 Å². The van der Waals surface area contributed by atoms with Crippen molar-refractivity contribution < 1.29 is 22.3 Å². The molecule has 3 rings (SSSR count). The summed E-state index contributed by atoms with van der Waals surface area (Å²) in [6.45, 7) is -0.210. The molecular weight excluding hydrogens is 431 g/mol. The van der Waals surface area contributed by atoms with Crippen molar-refractivity contribution in [3.05, 3.63) is 89.2 Å². The van der Waals surface area contributed by atoms with Gasteiger partial charge >= 0.3 is 0 Å². The van der Waals surface area contributed by atoms with Gasteiger partial charge in [0.15, 0.2) is 6.61 Å². The molecule has 0 radical (unpaired) electrons. The maximum atomic E-state index is 12.9. The third-order valence-electron chi connectivity index (χ3n) is 4.01. The molecule has 0 heterocycles. The third-order valence-corrected chi connectivity index (χ3v) is 5.70. The van der Waals surface area contributed by atoms with Crippen LogP contribution in [0, 0.1) is 5.82 Å². The molecule has 6 nitrogen and oxygen atoms in total. The van der Waals surface area contributed by atoms with Crippen LogP contribution in [0.4, 0.5) is 10.1 Å². The smallest absolute Gasteiger partial charge is 0.262 e. The van der Waals surface area contributed by atoms with Crippen molar-refractivity contribution >= 4 is 33.2 Å². The summed E-state index contributed by atoms with van der Waals surface area (Å²) in [6.07, 6.45) is 0. The summed E-state index contributed by atoms with van der Waals surface area (Å²) in [5.41, 5.74) is 1.24. The Morgan fingerprint density at radius 2 is 1.70 bits per heavy atom. The molecule has 0 aliphatic rings. The summed E-state index contributed by atoms with van der Waals surface area (Å²) >= 11 is 6.12. The number of halogens is 2. The van der Waals surface area contributed by atoms with E-state index in [0.29, 0.717) is 5.69 Å². The normalized spacial score (nSPS) is 11.1. The van der Waals surface area contributed by atoms with E-state index >= 15 is 0 Å². The molecule has 156 valence electrons. The van der Waals surface area contributed by atoms with Crippen LogP contribution < -0.4 is 14.8 Å². The second kappa shape index (κ2) is 9.71. The second-order valence-corrected chi connectivity index (χ2v) is 8.42. The quantitative estimate of drug-likeness (QED) is 0.546. The molecule has 3 aromatic carbocycles. The summed E-state index contributed by atoms with van der Waals surface area (Å²) in [7, 11) is -3.77. The van der Waals surface area contributed by atoms with Gasteiger partial charge in [0.2, 0.25) is 10.0 Å². The van der Waals surface area contributed by atoms with E-state index in [1.54, 1.807) is 0 Å². The lowest BCUT2D eigenvalue weighted by Gasteiger charge is -2.11. The topological polar surface area (TPSA) is 84.5 Å². The maximum Gasteiger partial charge on any atom is 0.262 e. The van der Waals surface area contributed by atoms with Gasteiger partial charge in [-0.25, -0.2) is 17.5 Å². The highest BCUT2D eigenvalue weighted by Crippen LogP contribution is 2.27. The molecule has 30 heavy (non-hydrogen) atoms. The molecule has 9 heteroatoms. The first-order valence-corrected chi connectivity index (χ1v) is 10.7. The van der Waals surface area contributed by atoms with Gasteiger partial charge in [-0.2, -0.15) is 0 Å². The minimum absolute atomic E-state index is 0.0217. The van der Waals surface area contributed by atoms with Crippen LogP contribution in [0.3, 0.4) is 0 Å². The molecule has 0 saturated carbocycles. The second-order valence-electron chi connectivity index (χ2n) is 6.25. The summed E-state index contributed by atoms with van der Waals surface area (Å²) in [5, 5.41) is 2.60. The lowest BCUT2D eigenvalue weighted by molar-refractivity contribution is -0.118. The maximum absolute atomic E-state index is 12.9. The molecule has 0 saturated heterocycles. The van der Waals surface area contributed by atoms with E-state index in [9.17, 15) is 17.6 Å². The number of hydrogen-bond donors (Lipinski definition) is 2. The van der Waals surface area contributed by atoms with Gasteiger partial charge in [-0.05, 0) is 48.0 Å². The lowest BCUT2D eigenvalue weighted by atomic mass is 10.2. The number of sulfonamides is 1. The third kappa shape index (κ3) is 6.03. The Morgan fingerprint density at radius 3 is 2.37 bits per heavy atom. The van der Waals surface area contributed by atoms with Crippen molar-refractivity contribution in [2.75, 3.05) is 11.9 Å². The summed E-state index contributed by atoms with van der Waals surface area (Å²) in [5.74, 6) is -0.726. The molecule has 0 aliphatic heterocycles.